The Morgan fingerprint density at radius 3 is 2.89 bits per heavy atom. The number of benzene rings is 1. The second-order valence-corrected chi connectivity index (χ2v) is 4.29. The highest BCUT2D eigenvalue weighted by Crippen LogP contribution is 2.29. The molecule has 0 amide bonds. The van der Waals surface area contributed by atoms with Gasteiger partial charge in [0.05, 0.1) is 28.5 Å². The zero-order valence-electron chi connectivity index (χ0n) is 9.34. The van der Waals surface area contributed by atoms with Gasteiger partial charge in [-0.15, -0.1) is 0 Å². The predicted octanol–water partition coefficient (Wildman–Crippen LogP) is 3.53. The van der Waals surface area contributed by atoms with E-state index in [1.807, 2.05) is 34.9 Å². The molecule has 0 aliphatic carbocycles. The van der Waals surface area contributed by atoms with Crippen molar-refractivity contribution in [3.63, 3.8) is 0 Å². The van der Waals surface area contributed by atoms with E-state index < -0.39 is 0 Å². The van der Waals surface area contributed by atoms with Crippen LogP contribution in [0.2, 0.25) is 5.02 Å². The number of nitrogens with zero attached hydrogens (tertiary/aromatic N) is 3. The minimum absolute atomic E-state index is 0.553. The molecule has 3 rings (SSSR count). The highest BCUT2D eigenvalue weighted by atomic mass is 35.5. The van der Waals surface area contributed by atoms with Gasteiger partial charge in [-0.1, -0.05) is 17.7 Å². The lowest BCUT2D eigenvalue weighted by molar-refractivity contribution is 1.19. The fourth-order valence-corrected chi connectivity index (χ4v) is 2.20. The summed E-state index contributed by atoms with van der Waals surface area (Å²) in [6.45, 7) is 0. The van der Waals surface area contributed by atoms with Gasteiger partial charge in [0.1, 0.15) is 5.65 Å². The van der Waals surface area contributed by atoms with E-state index in [0.29, 0.717) is 10.6 Å². The Hall–Kier alpha value is -2.31. The number of nitriles is 1. The molecule has 0 fully saturated rings. The van der Waals surface area contributed by atoms with Crippen molar-refractivity contribution in [2.24, 2.45) is 0 Å². The van der Waals surface area contributed by atoms with Crippen LogP contribution in [0.1, 0.15) is 5.56 Å². The van der Waals surface area contributed by atoms with Crippen molar-refractivity contribution in [1.29, 1.82) is 5.26 Å². The molecule has 2 heterocycles. The maximum Gasteiger partial charge on any atom is 0.137 e. The first-order valence-corrected chi connectivity index (χ1v) is 5.79. The molecular formula is C14H8ClN3. The van der Waals surface area contributed by atoms with E-state index >= 15 is 0 Å². The van der Waals surface area contributed by atoms with Crippen LogP contribution in [0, 0.1) is 11.3 Å². The molecule has 0 aliphatic rings. The Bertz CT molecular complexity index is 768. The smallest absolute Gasteiger partial charge is 0.137 e. The molecule has 2 aromatic heterocycles. The summed E-state index contributed by atoms with van der Waals surface area (Å²) in [5.74, 6) is 0. The van der Waals surface area contributed by atoms with E-state index in [4.69, 9.17) is 16.9 Å². The van der Waals surface area contributed by atoms with Gasteiger partial charge in [0, 0.05) is 11.8 Å². The molecule has 0 N–H and O–H groups in total. The zero-order valence-corrected chi connectivity index (χ0v) is 10.1. The minimum atomic E-state index is 0.553. The number of aromatic nitrogens is 2. The van der Waals surface area contributed by atoms with Gasteiger partial charge >= 0.3 is 0 Å². The molecule has 1 aromatic carbocycles. The third-order valence-electron chi connectivity index (χ3n) is 2.79. The Morgan fingerprint density at radius 2 is 2.11 bits per heavy atom. The highest BCUT2D eigenvalue weighted by molar-refractivity contribution is 6.33. The fourth-order valence-electron chi connectivity index (χ4n) is 1.92. The van der Waals surface area contributed by atoms with Crippen LogP contribution in [0.25, 0.3) is 16.9 Å². The number of fused-ring (bicyclic) bond motifs is 1. The summed E-state index contributed by atoms with van der Waals surface area (Å²) < 4.78 is 1.97. The summed E-state index contributed by atoms with van der Waals surface area (Å²) in [7, 11) is 0. The molecule has 0 radical (unpaired) electrons. The van der Waals surface area contributed by atoms with E-state index in [9.17, 15) is 0 Å². The van der Waals surface area contributed by atoms with Crippen molar-refractivity contribution >= 4 is 17.2 Å². The number of hydrogen-bond acceptors (Lipinski definition) is 2. The Kier molecular flexibility index (Phi) is 2.51. The molecule has 0 spiro atoms. The molecule has 0 aliphatic heterocycles. The fraction of sp³-hybridized carbons (Fsp3) is 0. The number of pyridine rings is 1. The van der Waals surface area contributed by atoms with Crippen LogP contribution in [-0.4, -0.2) is 9.38 Å². The van der Waals surface area contributed by atoms with Crippen LogP contribution < -0.4 is 0 Å². The average Bonchev–Trinajstić information content (AvgIpc) is 2.82. The molecular weight excluding hydrogens is 246 g/mol. The standard InChI is InChI=1S/C14H8ClN3/c15-12-7-10(8-16)4-5-11(12)13-9-17-14-3-1-2-6-18(13)14/h1-7,9H. The number of hydrogen-bond donors (Lipinski definition) is 0. The maximum absolute atomic E-state index is 8.83. The van der Waals surface area contributed by atoms with Crippen molar-refractivity contribution in [1.82, 2.24) is 9.38 Å². The summed E-state index contributed by atoms with van der Waals surface area (Å²) in [4.78, 5) is 4.32. The van der Waals surface area contributed by atoms with Crippen LogP contribution in [0.5, 0.6) is 0 Å². The van der Waals surface area contributed by atoms with Crippen LogP contribution in [-0.2, 0) is 0 Å². The van der Waals surface area contributed by atoms with Crippen molar-refractivity contribution in [3.8, 4) is 17.3 Å². The van der Waals surface area contributed by atoms with E-state index in [0.717, 1.165) is 16.9 Å². The summed E-state index contributed by atoms with van der Waals surface area (Å²) in [5.41, 5.74) is 3.21. The Labute approximate surface area is 109 Å². The molecule has 0 atom stereocenters. The first kappa shape index (κ1) is 10.8. The lowest BCUT2D eigenvalue weighted by Crippen LogP contribution is -1.88. The zero-order chi connectivity index (χ0) is 12.5. The molecule has 0 saturated heterocycles. The Morgan fingerprint density at radius 1 is 1.22 bits per heavy atom. The van der Waals surface area contributed by atoms with Gasteiger partial charge < -0.3 is 0 Å². The third kappa shape index (κ3) is 1.64. The molecule has 0 bridgehead atoms. The molecule has 3 nitrogen and oxygen atoms in total. The average molecular weight is 254 g/mol. The van der Waals surface area contributed by atoms with Gasteiger partial charge in [0.2, 0.25) is 0 Å². The molecule has 3 aromatic rings. The van der Waals surface area contributed by atoms with Crippen molar-refractivity contribution < 1.29 is 0 Å². The summed E-state index contributed by atoms with van der Waals surface area (Å²) in [6, 6.07) is 13.1. The van der Waals surface area contributed by atoms with E-state index in [2.05, 4.69) is 11.1 Å². The first-order chi connectivity index (χ1) is 8.79. The van der Waals surface area contributed by atoms with Crippen molar-refractivity contribution in [3.05, 3.63) is 59.4 Å². The molecule has 0 unspecified atom stereocenters. The van der Waals surface area contributed by atoms with Gasteiger partial charge in [0.15, 0.2) is 0 Å². The van der Waals surface area contributed by atoms with E-state index in [1.165, 1.54) is 0 Å². The number of rotatable bonds is 1. The van der Waals surface area contributed by atoms with Crippen LogP contribution >= 0.6 is 11.6 Å². The normalized spacial score (nSPS) is 10.4. The highest BCUT2D eigenvalue weighted by Gasteiger charge is 2.09. The minimum Gasteiger partial charge on any atom is -0.300 e. The molecule has 18 heavy (non-hydrogen) atoms. The lowest BCUT2D eigenvalue weighted by Gasteiger charge is -2.04. The third-order valence-corrected chi connectivity index (χ3v) is 3.10. The van der Waals surface area contributed by atoms with Crippen molar-refractivity contribution in [2.75, 3.05) is 0 Å². The lowest BCUT2D eigenvalue weighted by atomic mass is 10.1. The monoisotopic (exact) mass is 253 g/mol. The molecule has 0 saturated carbocycles. The number of imidazole rings is 1. The first-order valence-electron chi connectivity index (χ1n) is 5.42. The topological polar surface area (TPSA) is 41.1 Å². The van der Waals surface area contributed by atoms with Crippen molar-refractivity contribution in [2.45, 2.75) is 0 Å². The van der Waals surface area contributed by atoms with Gasteiger partial charge in [0.25, 0.3) is 0 Å². The van der Waals surface area contributed by atoms with Crippen LogP contribution in [0.4, 0.5) is 0 Å². The second-order valence-electron chi connectivity index (χ2n) is 3.88. The maximum atomic E-state index is 8.83. The van der Waals surface area contributed by atoms with Gasteiger partial charge in [-0.3, -0.25) is 4.40 Å². The predicted molar refractivity (Wildman–Crippen MR) is 70.4 cm³/mol. The van der Waals surface area contributed by atoms with E-state index in [1.54, 1.807) is 18.3 Å². The van der Waals surface area contributed by atoms with Gasteiger partial charge in [-0.05, 0) is 30.3 Å². The second kappa shape index (κ2) is 4.17. The largest absolute Gasteiger partial charge is 0.300 e. The quantitative estimate of drug-likeness (QED) is 0.666. The molecule has 4 heteroatoms. The SMILES string of the molecule is N#Cc1ccc(-c2cnc3ccccn23)c(Cl)c1. The van der Waals surface area contributed by atoms with Crippen LogP contribution in [0.15, 0.2) is 48.8 Å². The number of halogens is 1. The van der Waals surface area contributed by atoms with Crippen LogP contribution in [0.3, 0.4) is 0 Å². The Balaban J connectivity index is 2.24. The molecule has 86 valence electrons. The summed E-state index contributed by atoms with van der Waals surface area (Å²) in [6.07, 6.45) is 3.72. The van der Waals surface area contributed by atoms with Gasteiger partial charge in [-0.25, -0.2) is 4.98 Å². The summed E-state index contributed by atoms with van der Waals surface area (Å²) in [5, 5.41) is 9.38. The van der Waals surface area contributed by atoms with E-state index in [-0.39, 0.29) is 0 Å². The van der Waals surface area contributed by atoms with Gasteiger partial charge in [-0.2, -0.15) is 5.26 Å². The summed E-state index contributed by atoms with van der Waals surface area (Å²) >= 11 is 6.21.